The van der Waals surface area contributed by atoms with Crippen LogP contribution in [0, 0.1) is 12.8 Å². The maximum atomic E-state index is 12.7. The van der Waals surface area contributed by atoms with Crippen LogP contribution in [0.25, 0.3) is 0 Å². The summed E-state index contributed by atoms with van der Waals surface area (Å²) >= 11 is 0. The molecule has 1 fully saturated rings. The van der Waals surface area contributed by atoms with Gasteiger partial charge in [-0.3, -0.25) is 9.59 Å². The Morgan fingerprint density at radius 2 is 1.96 bits per heavy atom. The molecule has 1 N–H and O–H groups in total. The molecule has 0 radical (unpaired) electrons. The van der Waals surface area contributed by atoms with Gasteiger partial charge >= 0.3 is 0 Å². The number of benzene rings is 2. The van der Waals surface area contributed by atoms with Crippen LogP contribution in [0.5, 0.6) is 5.75 Å². The summed E-state index contributed by atoms with van der Waals surface area (Å²) in [4.78, 5) is 27.1. The molecule has 142 valence electrons. The summed E-state index contributed by atoms with van der Waals surface area (Å²) in [6, 6.07) is 15.2. The van der Waals surface area contributed by atoms with Gasteiger partial charge in [0.1, 0.15) is 5.75 Å². The van der Waals surface area contributed by atoms with E-state index >= 15 is 0 Å². The number of rotatable bonds is 5. The molecule has 0 bridgehead atoms. The number of likely N-dealkylation sites (tertiary alicyclic amines) is 1. The smallest absolute Gasteiger partial charge is 0.253 e. The third-order valence-corrected chi connectivity index (χ3v) is 4.97. The van der Waals surface area contributed by atoms with Crippen LogP contribution >= 0.6 is 0 Å². The van der Waals surface area contributed by atoms with Gasteiger partial charge in [-0.1, -0.05) is 29.8 Å². The van der Waals surface area contributed by atoms with Crippen molar-refractivity contribution in [3.63, 3.8) is 0 Å². The van der Waals surface area contributed by atoms with Crippen molar-refractivity contribution in [3.05, 3.63) is 65.2 Å². The van der Waals surface area contributed by atoms with Gasteiger partial charge in [0.05, 0.1) is 13.0 Å². The molecule has 0 saturated carbocycles. The third-order valence-electron chi connectivity index (χ3n) is 4.97. The van der Waals surface area contributed by atoms with Gasteiger partial charge in [0.25, 0.3) is 5.91 Å². The lowest BCUT2D eigenvalue weighted by Gasteiger charge is -2.32. The summed E-state index contributed by atoms with van der Waals surface area (Å²) in [5, 5.41) is 3.00. The zero-order chi connectivity index (χ0) is 19.2. The molecule has 2 aromatic carbocycles. The number of piperidine rings is 1. The molecule has 1 saturated heterocycles. The van der Waals surface area contributed by atoms with Gasteiger partial charge in [-0.15, -0.1) is 0 Å². The van der Waals surface area contributed by atoms with E-state index in [2.05, 4.69) is 5.32 Å². The van der Waals surface area contributed by atoms with Gasteiger partial charge in [-0.05, 0) is 49.6 Å². The van der Waals surface area contributed by atoms with Crippen molar-refractivity contribution in [2.45, 2.75) is 26.3 Å². The molecule has 0 aromatic heterocycles. The molecule has 2 aromatic rings. The molecule has 0 spiro atoms. The Balaban J connectivity index is 1.56. The first-order chi connectivity index (χ1) is 13.1. The van der Waals surface area contributed by atoms with Gasteiger partial charge in [-0.25, -0.2) is 0 Å². The van der Waals surface area contributed by atoms with Crippen molar-refractivity contribution in [2.75, 3.05) is 20.2 Å². The van der Waals surface area contributed by atoms with E-state index in [1.54, 1.807) is 12.0 Å². The lowest BCUT2D eigenvalue weighted by atomic mass is 9.96. The summed E-state index contributed by atoms with van der Waals surface area (Å²) in [6.45, 7) is 3.63. The van der Waals surface area contributed by atoms with Gasteiger partial charge in [-0.2, -0.15) is 0 Å². The molecular formula is C22H26N2O3. The fourth-order valence-corrected chi connectivity index (χ4v) is 3.41. The average molecular weight is 366 g/mol. The van der Waals surface area contributed by atoms with Gasteiger partial charge in [0.2, 0.25) is 5.91 Å². The number of ether oxygens (including phenoxy) is 1. The Labute approximate surface area is 160 Å². The fourth-order valence-electron chi connectivity index (χ4n) is 3.41. The number of amides is 2. The number of methoxy groups -OCH3 is 1. The highest BCUT2D eigenvalue weighted by atomic mass is 16.5. The number of nitrogens with zero attached hydrogens (tertiary/aromatic N) is 1. The topological polar surface area (TPSA) is 58.6 Å². The zero-order valence-electron chi connectivity index (χ0n) is 15.9. The minimum Gasteiger partial charge on any atom is -0.497 e. The molecular weight excluding hydrogens is 340 g/mol. The van der Waals surface area contributed by atoms with Crippen molar-refractivity contribution < 1.29 is 14.3 Å². The maximum Gasteiger partial charge on any atom is 0.253 e. The number of hydrogen-bond acceptors (Lipinski definition) is 3. The SMILES string of the molecule is COc1ccc(CNC(=O)C2CCCN(C(=O)c3cccc(C)c3)C2)cc1. The van der Waals surface area contributed by atoms with E-state index in [9.17, 15) is 9.59 Å². The molecule has 1 atom stereocenters. The summed E-state index contributed by atoms with van der Waals surface area (Å²) < 4.78 is 5.14. The Morgan fingerprint density at radius 3 is 2.67 bits per heavy atom. The second kappa shape index (κ2) is 8.71. The molecule has 1 aliphatic heterocycles. The quantitative estimate of drug-likeness (QED) is 0.884. The van der Waals surface area contributed by atoms with Crippen LogP contribution in [0.15, 0.2) is 48.5 Å². The standard InChI is InChI=1S/C22H26N2O3/c1-16-5-3-6-18(13-16)22(26)24-12-4-7-19(15-24)21(25)23-14-17-8-10-20(27-2)11-9-17/h3,5-6,8-11,13,19H,4,7,12,14-15H2,1-2H3,(H,23,25). The summed E-state index contributed by atoms with van der Waals surface area (Å²) in [5.41, 5.74) is 2.77. The van der Waals surface area contributed by atoms with Gasteiger partial charge in [0.15, 0.2) is 0 Å². The van der Waals surface area contributed by atoms with Crippen molar-refractivity contribution in [2.24, 2.45) is 5.92 Å². The normalized spacial score (nSPS) is 16.7. The number of hydrogen-bond donors (Lipinski definition) is 1. The van der Waals surface area contributed by atoms with Crippen LogP contribution in [-0.2, 0) is 11.3 Å². The number of carbonyl (C=O) groups excluding carboxylic acids is 2. The minimum absolute atomic E-state index is 0.00588. The molecule has 1 aliphatic rings. The van der Waals surface area contributed by atoms with Crippen LogP contribution in [0.1, 0.15) is 34.3 Å². The van der Waals surface area contributed by atoms with E-state index in [-0.39, 0.29) is 17.7 Å². The average Bonchev–Trinajstić information content (AvgIpc) is 2.72. The Hall–Kier alpha value is -2.82. The Morgan fingerprint density at radius 1 is 1.19 bits per heavy atom. The number of aryl methyl sites for hydroxylation is 1. The minimum atomic E-state index is -0.161. The van der Waals surface area contributed by atoms with Gasteiger partial charge < -0.3 is 15.0 Å². The van der Waals surface area contributed by atoms with Crippen LogP contribution < -0.4 is 10.1 Å². The highest BCUT2D eigenvalue weighted by Crippen LogP contribution is 2.20. The third kappa shape index (κ3) is 4.88. The molecule has 0 aliphatic carbocycles. The second-order valence-corrected chi connectivity index (χ2v) is 7.03. The molecule has 1 unspecified atom stereocenters. The predicted molar refractivity (Wildman–Crippen MR) is 105 cm³/mol. The lowest BCUT2D eigenvalue weighted by molar-refractivity contribution is -0.126. The van der Waals surface area contributed by atoms with E-state index in [4.69, 9.17) is 4.74 Å². The summed E-state index contributed by atoms with van der Waals surface area (Å²) in [5.74, 6) is 0.646. The molecule has 5 nitrogen and oxygen atoms in total. The highest BCUT2D eigenvalue weighted by molar-refractivity contribution is 5.95. The van der Waals surface area contributed by atoms with E-state index in [1.807, 2.05) is 55.5 Å². The van der Waals surface area contributed by atoms with Crippen LogP contribution in [0.2, 0.25) is 0 Å². The second-order valence-electron chi connectivity index (χ2n) is 7.03. The van der Waals surface area contributed by atoms with E-state index in [0.29, 0.717) is 25.2 Å². The molecule has 27 heavy (non-hydrogen) atoms. The van der Waals surface area contributed by atoms with E-state index in [1.165, 1.54) is 0 Å². The van der Waals surface area contributed by atoms with E-state index < -0.39 is 0 Å². The monoisotopic (exact) mass is 366 g/mol. The largest absolute Gasteiger partial charge is 0.497 e. The van der Waals surface area contributed by atoms with Crippen molar-refractivity contribution in [1.29, 1.82) is 0 Å². The van der Waals surface area contributed by atoms with Crippen LogP contribution in [0.3, 0.4) is 0 Å². The van der Waals surface area contributed by atoms with Crippen molar-refractivity contribution >= 4 is 11.8 Å². The first-order valence-electron chi connectivity index (χ1n) is 9.33. The Bertz CT molecular complexity index is 801. The molecule has 2 amide bonds. The van der Waals surface area contributed by atoms with Crippen LogP contribution in [0.4, 0.5) is 0 Å². The molecule has 5 heteroatoms. The van der Waals surface area contributed by atoms with E-state index in [0.717, 1.165) is 29.7 Å². The zero-order valence-corrected chi connectivity index (χ0v) is 15.9. The summed E-state index contributed by atoms with van der Waals surface area (Å²) in [6.07, 6.45) is 1.66. The lowest BCUT2D eigenvalue weighted by Crippen LogP contribution is -2.45. The maximum absolute atomic E-state index is 12.7. The van der Waals surface area contributed by atoms with Crippen LogP contribution in [-0.4, -0.2) is 36.9 Å². The number of carbonyl (C=O) groups is 2. The number of nitrogens with one attached hydrogen (secondary N) is 1. The highest BCUT2D eigenvalue weighted by Gasteiger charge is 2.28. The Kier molecular flexibility index (Phi) is 6.12. The molecule has 3 rings (SSSR count). The van der Waals surface area contributed by atoms with Crippen molar-refractivity contribution in [1.82, 2.24) is 10.2 Å². The predicted octanol–water partition coefficient (Wildman–Crippen LogP) is 3.17. The van der Waals surface area contributed by atoms with Crippen molar-refractivity contribution in [3.8, 4) is 5.75 Å². The van der Waals surface area contributed by atoms with Gasteiger partial charge in [0, 0.05) is 25.2 Å². The molecule has 1 heterocycles. The first kappa shape index (κ1) is 19.0. The first-order valence-corrected chi connectivity index (χ1v) is 9.33. The summed E-state index contributed by atoms with van der Waals surface area (Å²) in [7, 11) is 1.63. The fraction of sp³-hybridized carbons (Fsp3) is 0.364.